The van der Waals surface area contributed by atoms with Crippen molar-refractivity contribution in [1.29, 1.82) is 0 Å². The Morgan fingerprint density at radius 2 is 2.24 bits per heavy atom. The second kappa shape index (κ2) is 8.64. The third-order valence-electron chi connectivity index (χ3n) is 4.11. The third kappa shape index (κ3) is 4.77. The number of hydrogen-bond acceptors (Lipinski definition) is 3. The number of nitrogens with zero attached hydrogens (tertiary/aromatic N) is 1. The normalized spacial score (nSPS) is 20.1. The number of halogens is 2. The van der Waals surface area contributed by atoms with Gasteiger partial charge in [0.15, 0.2) is 0 Å². The second-order valence-corrected chi connectivity index (χ2v) is 7.47. The maximum absolute atomic E-state index is 6.38. The van der Waals surface area contributed by atoms with E-state index in [1.54, 1.807) is 0 Å². The quantitative estimate of drug-likeness (QED) is 0.783. The van der Waals surface area contributed by atoms with Crippen molar-refractivity contribution >= 4 is 35.0 Å². The molecule has 118 valence electrons. The molecule has 0 radical (unpaired) electrons. The number of rotatable bonds is 7. The fourth-order valence-electron chi connectivity index (χ4n) is 2.79. The van der Waals surface area contributed by atoms with Crippen LogP contribution in [-0.2, 0) is 0 Å². The summed E-state index contributed by atoms with van der Waals surface area (Å²) in [5.74, 6) is 2.56. The van der Waals surface area contributed by atoms with E-state index in [0.717, 1.165) is 31.1 Å². The minimum Gasteiger partial charge on any atom is -0.310 e. The monoisotopic (exact) mass is 346 g/mol. The Bertz CT molecular complexity index is 450. The van der Waals surface area contributed by atoms with Gasteiger partial charge in [0.1, 0.15) is 0 Å². The Morgan fingerprint density at radius 1 is 1.43 bits per heavy atom. The molecule has 0 spiro atoms. The van der Waals surface area contributed by atoms with E-state index < -0.39 is 0 Å². The Kier molecular flexibility index (Phi) is 7.17. The molecule has 0 amide bonds. The van der Waals surface area contributed by atoms with Gasteiger partial charge in [0.2, 0.25) is 0 Å². The summed E-state index contributed by atoms with van der Waals surface area (Å²) in [6.45, 7) is 4.13. The molecule has 21 heavy (non-hydrogen) atoms. The Hall–Kier alpha value is 0.0700. The van der Waals surface area contributed by atoms with Gasteiger partial charge < -0.3 is 10.2 Å². The summed E-state index contributed by atoms with van der Waals surface area (Å²) in [6.07, 6.45) is 2.36. The van der Waals surface area contributed by atoms with Gasteiger partial charge in [0.05, 0.1) is 10.0 Å². The van der Waals surface area contributed by atoms with Crippen molar-refractivity contribution < 1.29 is 0 Å². The van der Waals surface area contributed by atoms with Crippen LogP contribution in [0.4, 0.5) is 0 Å². The highest BCUT2D eigenvalue weighted by atomic mass is 35.5. The zero-order chi connectivity index (χ0) is 15.2. The predicted molar refractivity (Wildman–Crippen MR) is 95.9 cm³/mol. The summed E-state index contributed by atoms with van der Waals surface area (Å²) in [5, 5.41) is 4.86. The van der Waals surface area contributed by atoms with E-state index in [2.05, 4.69) is 42.0 Å². The maximum Gasteiger partial charge on any atom is 0.0640 e. The molecule has 1 saturated heterocycles. The summed E-state index contributed by atoms with van der Waals surface area (Å²) < 4.78 is 0. The smallest absolute Gasteiger partial charge is 0.0640 e. The van der Waals surface area contributed by atoms with Gasteiger partial charge in [0.25, 0.3) is 0 Å². The van der Waals surface area contributed by atoms with Gasteiger partial charge in [0, 0.05) is 17.8 Å². The van der Waals surface area contributed by atoms with Crippen molar-refractivity contribution in [2.24, 2.45) is 0 Å². The lowest BCUT2D eigenvalue weighted by atomic mass is 10.0. The van der Waals surface area contributed by atoms with Crippen molar-refractivity contribution in [1.82, 2.24) is 10.2 Å². The van der Waals surface area contributed by atoms with Crippen LogP contribution in [0.2, 0.25) is 10.0 Å². The van der Waals surface area contributed by atoms with E-state index in [-0.39, 0.29) is 6.04 Å². The van der Waals surface area contributed by atoms with E-state index in [1.165, 1.54) is 17.9 Å². The van der Waals surface area contributed by atoms with Gasteiger partial charge in [-0.1, -0.05) is 42.3 Å². The fourth-order valence-corrected chi connectivity index (χ4v) is 4.53. The van der Waals surface area contributed by atoms with Crippen molar-refractivity contribution in [2.45, 2.75) is 31.8 Å². The molecule has 0 aromatic heterocycles. The first-order chi connectivity index (χ1) is 10.1. The Balaban J connectivity index is 1.99. The Labute approximate surface area is 142 Å². The number of benzene rings is 1. The van der Waals surface area contributed by atoms with Gasteiger partial charge in [-0.2, -0.15) is 11.8 Å². The van der Waals surface area contributed by atoms with E-state index >= 15 is 0 Å². The van der Waals surface area contributed by atoms with Gasteiger partial charge >= 0.3 is 0 Å². The van der Waals surface area contributed by atoms with Crippen LogP contribution >= 0.6 is 35.0 Å². The van der Waals surface area contributed by atoms with Gasteiger partial charge in [-0.3, -0.25) is 0 Å². The van der Waals surface area contributed by atoms with E-state index in [0.29, 0.717) is 10.0 Å². The molecule has 1 heterocycles. The molecule has 2 nitrogen and oxygen atoms in total. The summed E-state index contributed by atoms with van der Waals surface area (Å²) in [6, 6.07) is 6.89. The molecule has 2 rings (SSSR count). The van der Waals surface area contributed by atoms with Crippen LogP contribution < -0.4 is 5.32 Å². The van der Waals surface area contributed by atoms with Crippen molar-refractivity contribution in [3.63, 3.8) is 0 Å². The predicted octanol–water partition coefficient (Wildman–Crippen LogP) is 4.47. The maximum atomic E-state index is 6.38. The third-order valence-corrected chi connectivity index (χ3v) is 6.09. The topological polar surface area (TPSA) is 15.3 Å². The highest BCUT2D eigenvalue weighted by molar-refractivity contribution is 7.99. The zero-order valence-electron chi connectivity index (χ0n) is 12.7. The average molecular weight is 347 g/mol. The molecule has 5 heteroatoms. The SMILES string of the molecule is CCNC(CCN(C)C1CCSC1)c1cccc(Cl)c1Cl. The first-order valence-corrected chi connectivity index (χ1v) is 9.49. The van der Waals surface area contributed by atoms with Crippen LogP contribution in [0.25, 0.3) is 0 Å². The second-order valence-electron chi connectivity index (χ2n) is 5.54. The summed E-state index contributed by atoms with van der Waals surface area (Å²) in [4.78, 5) is 2.49. The molecule has 0 bridgehead atoms. The van der Waals surface area contributed by atoms with Crippen LogP contribution in [0.15, 0.2) is 18.2 Å². The number of nitrogens with one attached hydrogen (secondary N) is 1. The van der Waals surface area contributed by atoms with Crippen LogP contribution in [0.5, 0.6) is 0 Å². The van der Waals surface area contributed by atoms with Crippen LogP contribution in [0, 0.1) is 0 Å². The largest absolute Gasteiger partial charge is 0.310 e. The van der Waals surface area contributed by atoms with Crippen LogP contribution in [0.1, 0.15) is 31.4 Å². The molecule has 2 atom stereocenters. The molecular weight excluding hydrogens is 323 g/mol. The average Bonchev–Trinajstić information content (AvgIpc) is 3.00. The van der Waals surface area contributed by atoms with Crippen LogP contribution in [0.3, 0.4) is 0 Å². The molecule has 1 aromatic carbocycles. The van der Waals surface area contributed by atoms with Gasteiger partial charge in [-0.25, -0.2) is 0 Å². The summed E-state index contributed by atoms with van der Waals surface area (Å²) >= 11 is 14.6. The summed E-state index contributed by atoms with van der Waals surface area (Å²) in [7, 11) is 2.24. The molecule has 1 aromatic rings. The van der Waals surface area contributed by atoms with Crippen molar-refractivity contribution in [2.75, 3.05) is 31.6 Å². The van der Waals surface area contributed by atoms with E-state index in [1.807, 2.05) is 12.1 Å². The summed E-state index contributed by atoms with van der Waals surface area (Å²) in [5.41, 5.74) is 1.11. The lowest BCUT2D eigenvalue weighted by Gasteiger charge is -2.27. The molecule has 1 fully saturated rings. The fraction of sp³-hybridized carbons (Fsp3) is 0.625. The molecule has 1 aliphatic heterocycles. The Morgan fingerprint density at radius 3 is 2.90 bits per heavy atom. The van der Waals surface area contributed by atoms with Gasteiger partial charge in [-0.15, -0.1) is 0 Å². The molecule has 0 aliphatic carbocycles. The van der Waals surface area contributed by atoms with Gasteiger partial charge in [-0.05, 0) is 50.4 Å². The van der Waals surface area contributed by atoms with Crippen molar-refractivity contribution in [3.8, 4) is 0 Å². The highest BCUT2D eigenvalue weighted by Gasteiger charge is 2.22. The van der Waals surface area contributed by atoms with E-state index in [9.17, 15) is 0 Å². The first-order valence-electron chi connectivity index (χ1n) is 7.58. The molecule has 1 aliphatic rings. The minimum atomic E-state index is 0.262. The lowest BCUT2D eigenvalue weighted by Crippen LogP contribution is -2.34. The minimum absolute atomic E-state index is 0.262. The van der Waals surface area contributed by atoms with E-state index in [4.69, 9.17) is 23.2 Å². The lowest BCUT2D eigenvalue weighted by molar-refractivity contribution is 0.247. The molecular formula is C16H24Cl2N2S. The first kappa shape index (κ1) is 17.4. The zero-order valence-corrected chi connectivity index (χ0v) is 15.1. The standard InChI is InChI=1S/C16H24Cl2N2S/c1-3-19-15(13-5-4-6-14(17)16(13)18)7-9-20(2)12-8-10-21-11-12/h4-6,12,15,19H,3,7-11H2,1-2H3. The number of hydrogen-bond donors (Lipinski definition) is 1. The highest BCUT2D eigenvalue weighted by Crippen LogP contribution is 2.31. The van der Waals surface area contributed by atoms with Crippen LogP contribution in [-0.4, -0.2) is 42.6 Å². The molecule has 2 unspecified atom stereocenters. The molecule has 1 N–H and O–H groups in total. The number of thioether (sulfide) groups is 1. The van der Waals surface area contributed by atoms with Crippen molar-refractivity contribution in [3.05, 3.63) is 33.8 Å². The molecule has 0 saturated carbocycles.